The summed E-state index contributed by atoms with van der Waals surface area (Å²) in [5.41, 5.74) is 16.4. The average Bonchev–Trinajstić information content (AvgIpc) is 3.69. The predicted molar refractivity (Wildman–Crippen MR) is 269 cm³/mol. The highest BCUT2D eigenvalue weighted by Crippen LogP contribution is 2.61. The van der Waals surface area contributed by atoms with Gasteiger partial charge in [-0.3, -0.25) is 0 Å². The molecule has 4 fully saturated rings. The molecule has 0 spiro atoms. The van der Waals surface area contributed by atoms with E-state index in [-0.39, 0.29) is 0 Å². The summed E-state index contributed by atoms with van der Waals surface area (Å²) in [4.78, 5) is 2.40. The lowest BCUT2D eigenvalue weighted by molar-refractivity contribution is -0.00518. The van der Waals surface area contributed by atoms with Gasteiger partial charge in [-0.15, -0.1) is 0 Å². The first-order chi connectivity index (χ1) is 31.6. The van der Waals surface area contributed by atoms with Crippen LogP contribution in [0.3, 0.4) is 0 Å². The van der Waals surface area contributed by atoms with Gasteiger partial charge in [-0.1, -0.05) is 152 Å². The lowest BCUT2D eigenvalue weighted by Gasteiger charge is -2.57. The first-order valence-corrected chi connectivity index (χ1v) is 23.4. The second-order valence-electron chi connectivity index (χ2n) is 19.2. The molecule has 1 heterocycles. The molecule has 9 aromatic carbocycles. The van der Waals surface area contributed by atoms with Crippen LogP contribution in [0.2, 0.25) is 0 Å². The molecule has 64 heavy (non-hydrogen) atoms. The Bertz CT molecular complexity index is 3230. The van der Waals surface area contributed by atoms with E-state index in [1.807, 2.05) is 0 Å². The Labute approximate surface area is 376 Å². The number of aromatic nitrogens is 1. The van der Waals surface area contributed by atoms with E-state index in [9.17, 15) is 0 Å². The van der Waals surface area contributed by atoms with Crippen LogP contribution in [0.25, 0.3) is 71.6 Å². The lowest BCUT2D eigenvalue weighted by Crippen LogP contribution is -2.48. The highest BCUT2D eigenvalue weighted by molar-refractivity contribution is 6.09. The number of hydrogen-bond acceptors (Lipinski definition) is 1. The Hall–Kier alpha value is -7.16. The maximum atomic E-state index is 2.47. The fraction of sp³-hybridized carbons (Fsp3) is 0.161. The fourth-order valence-corrected chi connectivity index (χ4v) is 12.9. The molecule has 2 heteroatoms. The third-order valence-corrected chi connectivity index (χ3v) is 15.4. The summed E-state index contributed by atoms with van der Waals surface area (Å²) in [6.07, 6.45) is 8.66. The second-order valence-corrected chi connectivity index (χ2v) is 19.2. The number of anilines is 3. The van der Waals surface area contributed by atoms with E-state index in [0.717, 1.165) is 40.5 Å². The van der Waals surface area contributed by atoms with Gasteiger partial charge in [0, 0.05) is 33.5 Å². The lowest BCUT2D eigenvalue weighted by atomic mass is 9.48. The van der Waals surface area contributed by atoms with E-state index in [4.69, 9.17) is 0 Å². The summed E-state index contributed by atoms with van der Waals surface area (Å²) in [5.74, 6) is 2.86. The minimum Gasteiger partial charge on any atom is -0.311 e. The van der Waals surface area contributed by atoms with Gasteiger partial charge in [0.05, 0.1) is 11.0 Å². The third kappa shape index (κ3) is 6.22. The number of rotatable bonds is 8. The van der Waals surface area contributed by atoms with Crippen molar-refractivity contribution in [3.05, 3.63) is 218 Å². The highest BCUT2D eigenvalue weighted by atomic mass is 15.1. The Morgan fingerprint density at radius 1 is 0.375 bits per heavy atom. The molecule has 4 aliphatic rings. The van der Waals surface area contributed by atoms with Gasteiger partial charge in [-0.2, -0.15) is 0 Å². The first-order valence-electron chi connectivity index (χ1n) is 23.4. The third-order valence-electron chi connectivity index (χ3n) is 15.4. The molecular weight excluding hydrogens is 773 g/mol. The summed E-state index contributed by atoms with van der Waals surface area (Å²) in [7, 11) is 0. The highest BCUT2D eigenvalue weighted by Gasteiger charge is 2.51. The largest absolute Gasteiger partial charge is 0.311 e. The second kappa shape index (κ2) is 15.0. The van der Waals surface area contributed by atoms with Crippen LogP contribution in [-0.4, -0.2) is 4.57 Å². The maximum absolute atomic E-state index is 2.47. The van der Waals surface area contributed by atoms with Gasteiger partial charge >= 0.3 is 0 Å². The quantitative estimate of drug-likeness (QED) is 0.148. The SMILES string of the molecule is c1ccc(-c2cccc3cccc(-c4ccc(N(c5ccc(-c6ccc(C78CC9CC(CC(C9)C7)C8)cc6)cc5)c5ccc(-n6c7ccccc7c7ccccc76)cc5)cc4)c23)cc1. The van der Waals surface area contributed by atoms with Crippen molar-refractivity contribution in [1.29, 1.82) is 0 Å². The van der Waals surface area contributed by atoms with Crippen molar-refractivity contribution >= 4 is 49.6 Å². The summed E-state index contributed by atoms with van der Waals surface area (Å²) in [6.45, 7) is 0. The van der Waals surface area contributed by atoms with Crippen LogP contribution in [0.1, 0.15) is 44.1 Å². The molecule has 0 saturated heterocycles. The van der Waals surface area contributed by atoms with Crippen LogP contribution >= 0.6 is 0 Å². The van der Waals surface area contributed by atoms with Crippen molar-refractivity contribution in [3.8, 4) is 39.1 Å². The standard InChI is InChI=1S/C62H50N2/c1-2-10-47(11-3-1)55-16-8-12-49-13-9-17-56(61(49)55)48-24-30-52(31-25-48)63(53-32-34-54(35-33-53)64-59-18-6-4-14-57(59)58-15-5-7-19-60(58)64)51-28-22-46(23-29-51)45-20-26-50(27-21-45)62-39-42-36-43(40-62)38-44(37-42)41-62/h1-35,42-44H,36-41H2. The zero-order valence-corrected chi connectivity index (χ0v) is 36.1. The number of para-hydroxylation sites is 2. The van der Waals surface area contributed by atoms with Crippen molar-refractivity contribution in [2.75, 3.05) is 4.90 Å². The number of fused-ring (bicyclic) bond motifs is 4. The molecule has 4 bridgehead atoms. The minimum atomic E-state index is 0.419. The van der Waals surface area contributed by atoms with Gasteiger partial charge in [0.1, 0.15) is 0 Å². The Morgan fingerprint density at radius 2 is 0.812 bits per heavy atom. The maximum Gasteiger partial charge on any atom is 0.0541 e. The molecule has 308 valence electrons. The number of benzene rings is 9. The predicted octanol–water partition coefficient (Wildman–Crippen LogP) is 16.9. The molecule has 0 aliphatic heterocycles. The molecule has 14 rings (SSSR count). The number of nitrogens with zero attached hydrogens (tertiary/aromatic N) is 2. The zero-order valence-electron chi connectivity index (χ0n) is 36.1. The van der Waals surface area contributed by atoms with Crippen LogP contribution in [0.4, 0.5) is 17.1 Å². The van der Waals surface area contributed by atoms with Gasteiger partial charge < -0.3 is 9.47 Å². The van der Waals surface area contributed by atoms with Crippen LogP contribution < -0.4 is 4.90 Å². The first kappa shape index (κ1) is 37.4. The molecule has 1 aromatic heterocycles. The molecule has 0 N–H and O–H groups in total. The van der Waals surface area contributed by atoms with E-state index in [2.05, 4.69) is 222 Å². The fourth-order valence-electron chi connectivity index (χ4n) is 12.9. The van der Waals surface area contributed by atoms with Gasteiger partial charge in [-0.25, -0.2) is 0 Å². The Morgan fingerprint density at radius 3 is 1.34 bits per heavy atom. The summed E-state index contributed by atoms with van der Waals surface area (Å²) in [6, 6.07) is 78.8. The van der Waals surface area contributed by atoms with Crippen molar-refractivity contribution < 1.29 is 0 Å². The summed E-state index contributed by atoms with van der Waals surface area (Å²) in [5, 5.41) is 5.07. The van der Waals surface area contributed by atoms with Gasteiger partial charge in [0.15, 0.2) is 0 Å². The topological polar surface area (TPSA) is 8.17 Å². The van der Waals surface area contributed by atoms with E-state index < -0.39 is 0 Å². The van der Waals surface area contributed by atoms with Crippen LogP contribution in [0, 0.1) is 17.8 Å². The minimum absolute atomic E-state index is 0.419. The molecule has 10 aromatic rings. The van der Waals surface area contributed by atoms with Gasteiger partial charge in [0.2, 0.25) is 0 Å². The zero-order chi connectivity index (χ0) is 42.2. The van der Waals surface area contributed by atoms with Crippen LogP contribution in [0.15, 0.2) is 212 Å². The Balaban J connectivity index is 0.874. The van der Waals surface area contributed by atoms with Crippen molar-refractivity contribution in [1.82, 2.24) is 4.57 Å². The molecule has 0 unspecified atom stereocenters. The Kier molecular flexibility index (Phi) is 8.76. The molecule has 0 amide bonds. The average molecular weight is 823 g/mol. The normalized spacial score (nSPS) is 20.0. The van der Waals surface area contributed by atoms with Gasteiger partial charge in [0.25, 0.3) is 0 Å². The summed E-state index contributed by atoms with van der Waals surface area (Å²) >= 11 is 0. The van der Waals surface area contributed by atoms with Crippen molar-refractivity contribution in [2.45, 2.75) is 43.9 Å². The molecule has 0 atom stereocenters. The van der Waals surface area contributed by atoms with E-state index in [1.165, 1.54) is 104 Å². The van der Waals surface area contributed by atoms with Crippen molar-refractivity contribution in [3.63, 3.8) is 0 Å². The van der Waals surface area contributed by atoms with Crippen LogP contribution in [-0.2, 0) is 5.41 Å². The number of hydrogen-bond donors (Lipinski definition) is 0. The van der Waals surface area contributed by atoms with Crippen LogP contribution in [0.5, 0.6) is 0 Å². The van der Waals surface area contributed by atoms with Gasteiger partial charge in [-0.05, 0) is 172 Å². The van der Waals surface area contributed by atoms with E-state index >= 15 is 0 Å². The molecule has 0 radical (unpaired) electrons. The van der Waals surface area contributed by atoms with Crippen molar-refractivity contribution in [2.24, 2.45) is 17.8 Å². The summed E-state index contributed by atoms with van der Waals surface area (Å²) < 4.78 is 2.39. The monoisotopic (exact) mass is 822 g/mol. The van der Waals surface area contributed by atoms with E-state index in [0.29, 0.717) is 5.41 Å². The smallest absolute Gasteiger partial charge is 0.0541 e. The molecule has 4 saturated carbocycles. The molecule has 2 nitrogen and oxygen atoms in total. The van der Waals surface area contributed by atoms with E-state index in [1.54, 1.807) is 5.56 Å². The molecular formula is C62H50N2. The molecule has 4 aliphatic carbocycles.